The van der Waals surface area contributed by atoms with Crippen LogP contribution < -0.4 is 0 Å². The Balaban J connectivity index is 1.90. The predicted molar refractivity (Wildman–Crippen MR) is 94.1 cm³/mol. The number of rotatable bonds is 8. The highest BCUT2D eigenvalue weighted by Crippen LogP contribution is 2.14. The molecular formula is C20H22O6. The summed E-state index contributed by atoms with van der Waals surface area (Å²) in [4.78, 5) is 43.8. The Labute approximate surface area is 152 Å². The van der Waals surface area contributed by atoms with Gasteiger partial charge < -0.3 is 0 Å². The molecule has 0 radical (unpaired) electrons. The van der Waals surface area contributed by atoms with E-state index >= 15 is 0 Å². The van der Waals surface area contributed by atoms with Crippen LogP contribution in [0.3, 0.4) is 0 Å². The number of carbonyl (C=O) groups excluding carboxylic acids is 2. The Morgan fingerprint density at radius 2 is 1.23 bits per heavy atom. The molecule has 2 aromatic carbocycles. The molecule has 0 amide bonds. The van der Waals surface area contributed by atoms with Crippen molar-refractivity contribution < 1.29 is 29.1 Å². The van der Waals surface area contributed by atoms with E-state index in [0.717, 1.165) is 11.1 Å². The fourth-order valence-electron chi connectivity index (χ4n) is 2.24. The van der Waals surface area contributed by atoms with Crippen molar-refractivity contribution in [1.82, 2.24) is 0 Å². The van der Waals surface area contributed by atoms with Crippen LogP contribution in [0.5, 0.6) is 0 Å². The minimum Gasteiger partial charge on any atom is -0.290 e. The summed E-state index contributed by atoms with van der Waals surface area (Å²) in [6, 6.07) is 14.0. The smallest absolute Gasteiger partial charge is 0.290 e. The van der Waals surface area contributed by atoms with Gasteiger partial charge in [0.2, 0.25) is 6.29 Å². The molecule has 0 saturated heterocycles. The summed E-state index contributed by atoms with van der Waals surface area (Å²) in [5.74, 6) is -1.28. The van der Waals surface area contributed by atoms with E-state index in [1.54, 1.807) is 50.2 Å². The molecule has 0 aliphatic rings. The molecule has 0 N–H and O–H groups in total. The van der Waals surface area contributed by atoms with Crippen molar-refractivity contribution in [2.75, 3.05) is 0 Å². The maximum absolute atomic E-state index is 12.1. The average Bonchev–Trinajstić information content (AvgIpc) is 2.64. The van der Waals surface area contributed by atoms with Crippen LogP contribution >= 0.6 is 0 Å². The molecule has 0 aliphatic carbocycles. The summed E-state index contributed by atoms with van der Waals surface area (Å²) < 4.78 is 0. The van der Waals surface area contributed by atoms with Gasteiger partial charge in [-0.25, -0.2) is 9.59 Å². The molecule has 0 atom stereocenters. The molecule has 26 heavy (non-hydrogen) atoms. The van der Waals surface area contributed by atoms with Gasteiger partial charge in [-0.2, -0.15) is 0 Å². The monoisotopic (exact) mass is 358 g/mol. The fraction of sp³-hybridized carbons (Fsp3) is 0.300. The van der Waals surface area contributed by atoms with E-state index in [1.807, 2.05) is 19.1 Å². The standard InChI is InChI=1S/C20H22O6/c1-4-9-18(23-25-19(21)16-12-7-5-10-14(16)2)24-26-20(22)17-13-8-6-11-15(17)3/h5-8,10-13,18H,4,9H2,1-3H3. The van der Waals surface area contributed by atoms with E-state index in [2.05, 4.69) is 0 Å². The van der Waals surface area contributed by atoms with E-state index < -0.39 is 18.2 Å². The quantitative estimate of drug-likeness (QED) is 0.398. The van der Waals surface area contributed by atoms with Crippen molar-refractivity contribution in [2.45, 2.75) is 39.9 Å². The molecule has 138 valence electrons. The molecular weight excluding hydrogens is 336 g/mol. The number of hydrogen-bond acceptors (Lipinski definition) is 6. The summed E-state index contributed by atoms with van der Waals surface area (Å²) in [5.41, 5.74) is 2.30. The third kappa shape index (κ3) is 5.40. The van der Waals surface area contributed by atoms with Crippen molar-refractivity contribution in [1.29, 1.82) is 0 Å². The van der Waals surface area contributed by atoms with Gasteiger partial charge in [-0.15, -0.1) is 9.78 Å². The van der Waals surface area contributed by atoms with Gasteiger partial charge in [-0.3, -0.25) is 9.78 Å². The van der Waals surface area contributed by atoms with Crippen molar-refractivity contribution in [3.63, 3.8) is 0 Å². The lowest BCUT2D eigenvalue weighted by atomic mass is 10.1. The highest BCUT2D eigenvalue weighted by molar-refractivity contribution is 5.91. The van der Waals surface area contributed by atoms with Gasteiger partial charge in [0.25, 0.3) is 0 Å². The molecule has 6 nitrogen and oxygen atoms in total. The van der Waals surface area contributed by atoms with Gasteiger partial charge in [0.15, 0.2) is 0 Å². The normalized spacial score (nSPS) is 10.6. The van der Waals surface area contributed by atoms with Gasteiger partial charge in [-0.05, 0) is 37.1 Å². The summed E-state index contributed by atoms with van der Waals surface area (Å²) >= 11 is 0. The molecule has 0 saturated carbocycles. The van der Waals surface area contributed by atoms with Gasteiger partial charge in [0.05, 0.1) is 11.1 Å². The molecule has 6 heteroatoms. The number of aryl methyl sites for hydroxylation is 2. The van der Waals surface area contributed by atoms with Crippen LogP contribution in [-0.4, -0.2) is 18.2 Å². The van der Waals surface area contributed by atoms with E-state index in [-0.39, 0.29) is 0 Å². The Morgan fingerprint density at radius 1 is 0.808 bits per heavy atom. The SMILES string of the molecule is CCCC(OOC(=O)c1ccccc1C)OOC(=O)c1ccccc1C. The Bertz CT molecular complexity index is 694. The van der Waals surface area contributed by atoms with Crippen LogP contribution in [0.4, 0.5) is 0 Å². The van der Waals surface area contributed by atoms with Gasteiger partial charge in [-0.1, -0.05) is 49.7 Å². The maximum Gasteiger partial charge on any atom is 0.373 e. The average molecular weight is 358 g/mol. The Morgan fingerprint density at radius 3 is 1.62 bits per heavy atom. The van der Waals surface area contributed by atoms with Gasteiger partial charge >= 0.3 is 11.9 Å². The molecule has 0 heterocycles. The second kappa shape index (κ2) is 9.70. The van der Waals surface area contributed by atoms with Crippen molar-refractivity contribution in [3.05, 3.63) is 70.8 Å². The van der Waals surface area contributed by atoms with Gasteiger partial charge in [0, 0.05) is 6.42 Å². The molecule has 0 unspecified atom stereocenters. The topological polar surface area (TPSA) is 71.1 Å². The summed E-state index contributed by atoms with van der Waals surface area (Å²) in [6.07, 6.45) is 0.0392. The minimum atomic E-state index is -1.01. The molecule has 0 spiro atoms. The van der Waals surface area contributed by atoms with Crippen LogP contribution in [-0.2, 0) is 19.6 Å². The number of carbonyl (C=O) groups is 2. The lowest BCUT2D eigenvalue weighted by Crippen LogP contribution is -2.22. The lowest BCUT2D eigenvalue weighted by Gasteiger charge is -2.15. The molecule has 0 fully saturated rings. The van der Waals surface area contributed by atoms with Crippen LogP contribution in [0.25, 0.3) is 0 Å². The first-order chi connectivity index (χ1) is 12.5. The van der Waals surface area contributed by atoms with Crippen molar-refractivity contribution in [3.8, 4) is 0 Å². The Hall–Kier alpha value is -2.70. The van der Waals surface area contributed by atoms with E-state index in [9.17, 15) is 9.59 Å². The summed E-state index contributed by atoms with van der Waals surface area (Å²) in [5, 5.41) is 0. The van der Waals surface area contributed by atoms with Crippen LogP contribution in [0.2, 0.25) is 0 Å². The van der Waals surface area contributed by atoms with Crippen molar-refractivity contribution in [2.24, 2.45) is 0 Å². The highest BCUT2D eigenvalue weighted by Gasteiger charge is 2.20. The Kier molecular flexibility index (Phi) is 7.32. The van der Waals surface area contributed by atoms with Crippen LogP contribution in [0.15, 0.2) is 48.5 Å². The molecule has 0 aromatic heterocycles. The van der Waals surface area contributed by atoms with E-state index in [0.29, 0.717) is 24.0 Å². The zero-order valence-corrected chi connectivity index (χ0v) is 15.1. The first kappa shape index (κ1) is 19.6. The third-order valence-electron chi connectivity index (χ3n) is 3.72. The van der Waals surface area contributed by atoms with Gasteiger partial charge in [0.1, 0.15) is 0 Å². The number of hydrogen-bond donors (Lipinski definition) is 0. The van der Waals surface area contributed by atoms with Crippen LogP contribution in [0.1, 0.15) is 51.6 Å². The third-order valence-corrected chi connectivity index (χ3v) is 3.72. The zero-order valence-electron chi connectivity index (χ0n) is 15.1. The number of benzene rings is 2. The van der Waals surface area contributed by atoms with Crippen LogP contribution in [0, 0.1) is 13.8 Å². The largest absolute Gasteiger partial charge is 0.373 e. The van der Waals surface area contributed by atoms with E-state index in [1.165, 1.54) is 0 Å². The summed E-state index contributed by atoms with van der Waals surface area (Å²) in [6.45, 7) is 5.48. The highest BCUT2D eigenvalue weighted by atomic mass is 17.3. The maximum atomic E-state index is 12.1. The molecule has 2 aromatic rings. The first-order valence-electron chi connectivity index (χ1n) is 8.39. The second-order valence-corrected chi connectivity index (χ2v) is 5.78. The predicted octanol–water partition coefficient (Wildman–Crippen LogP) is 4.31. The fourth-order valence-corrected chi connectivity index (χ4v) is 2.24. The second-order valence-electron chi connectivity index (χ2n) is 5.78. The zero-order chi connectivity index (χ0) is 18.9. The lowest BCUT2D eigenvalue weighted by molar-refractivity contribution is -0.421. The molecule has 0 bridgehead atoms. The molecule has 0 aliphatic heterocycles. The van der Waals surface area contributed by atoms with Crippen molar-refractivity contribution >= 4 is 11.9 Å². The first-order valence-corrected chi connectivity index (χ1v) is 8.39. The minimum absolute atomic E-state index is 0.377. The van der Waals surface area contributed by atoms with E-state index in [4.69, 9.17) is 19.6 Å². The molecule has 2 rings (SSSR count). The summed E-state index contributed by atoms with van der Waals surface area (Å²) in [7, 11) is 0.